The molecule has 0 bridgehead atoms. The van der Waals surface area contributed by atoms with E-state index in [1.165, 1.54) is 147 Å². The third-order valence-electron chi connectivity index (χ3n) is 26.0. The minimum atomic E-state index is -0.311. The van der Waals surface area contributed by atoms with Crippen LogP contribution in [0.2, 0.25) is 0 Å². The maximum atomic E-state index is 12.6. The van der Waals surface area contributed by atoms with Crippen LogP contribution in [0.4, 0.5) is 0 Å². The van der Waals surface area contributed by atoms with Gasteiger partial charge in [0.2, 0.25) is 11.7 Å². The lowest BCUT2D eigenvalue weighted by Gasteiger charge is -2.20. The van der Waals surface area contributed by atoms with Crippen LogP contribution in [0.1, 0.15) is 231 Å². The Morgan fingerprint density at radius 3 is 1.14 bits per heavy atom. The van der Waals surface area contributed by atoms with Crippen LogP contribution in [0, 0.1) is 23.7 Å². The average molecular weight is 1600 g/mol. The number of hydrogen-bond acceptors (Lipinski definition) is 24. The standard InChI is InChI=1S/C22H30N4O4.C22H28N4O4.C21H28N4O3.C19H25N5O4/c2*1-2-15-8-9-28-19(15)22(27)23-17-12-29-21-18(13-30-20(17)21)26-11-16(24-25-26)10-14-6-4-3-5-7-14;26-21(15-8-4-5-9-15)22-17-12-27-20-18(13-28-19(17)20)25-11-16(23-24-25)10-14-6-2-1-3-7-14;25-19(16-6-7-20-28-16)21-14-10-26-18-15(11-27-17(14)18)24-9-13(22-23-24)8-12-4-2-1-3-5-12/h8-9,11,14,17-18,20-21H,2-7,10,12-13H2,1H3,(H,23,27);2,8-9,11,14,17-18,20-21H,1,3-7,10,12-13H2,(H,23,27);4-5,8,11,14,17-20H,1-3,6-7,9-10,12-13H2,(H,22,26);6-7,9,12,14-15,17-18H,1-5,8,10-11H2,(H,21,25). The van der Waals surface area contributed by atoms with E-state index in [2.05, 4.69) is 86.6 Å². The number of fused-ring (bicyclic) bond motifs is 4. The van der Waals surface area contributed by atoms with E-state index in [0.29, 0.717) is 70.6 Å². The number of carbonyl (C=O) groups excluding carboxylic acids is 4. The highest BCUT2D eigenvalue weighted by Crippen LogP contribution is 2.40. The van der Waals surface area contributed by atoms with Gasteiger partial charge in [-0.05, 0) is 74.3 Å². The van der Waals surface area contributed by atoms with Gasteiger partial charge in [-0.1, -0.05) is 192 Å². The molecular weight excluding hydrogens is 1490 g/mol. The number of ether oxygens (including phenoxy) is 8. The predicted molar refractivity (Wildman–Crippen MR) is 416 cm³/mol. The van der Waals surface area contributed by atoms with Crippen LogP contribution in [-0.2, 0) is 74.8 Å². The van der Waals surface area contributed by atoms with Crippen molar-refractivity contribution in [2.75, 3.05) is 52.9 Å². The minimum Gasteiger partial charge on any atom is -0.459 e. The van der Waals surface area contributed by atoms with Crippen molar-refractivity contribution in [3.8, 4) is 0 Å². The molecule has 32 heteroatoms. The van der Waals surface area contributed by atoms with Gasteiger partial charge in [0, 0.05) is 47.6 Å². The Hall–Kier alpha value is -8.89. The van der Waals surface area contributed by atoms with E-state index in [9.17, 15) is 19.2 Å². The topological polar surface area (TPSA) is 365 Å². The molecule has 7 aromatic rings. The molecule has 4 saturated carbocycles. The Bertz CT molecular complexity index is 4460. The molecule has 116 heavy (non-hydrogen) atoms. The number of amides is 4. The first-order valence-electron chi connectivity index (χ1n) is 42.8. The molecule has 0 spiro atoms. The lowest BCUT2D eigenvalue weighted by atomic mass is 9.86. The molecule has 32 nitrogen and oxygen atoms in total. The van der Waals surface area contributed by atoms with Crippen molar-refractivity contribution in [3.63, 3.8) is 0 Å². The van der Waals surface area contributed by atoms with Crippen molar-refractivity contribution >= 4 is 29.7 Å². The second kappa shape index (κ2) is 37.4. The van der Waals surface area contributed by atoms with Gasteiger partial charge < -0.3 is 72.5 Å². The van der Waals surface area contributed by atoms with Gasteiger partial charge in [0.05, 0.1) is 119 Å². The van der Waals surface area contributed by atoms with Gasteiger partial charge in [-0.2, -0.15) is 0 Å². The van der Waals surface area contributed by atoms with E-state index >= 15 is 0 Å². The number of nitrogens with one attached hydrogen (secondary N) is 4. The second-order valence-corrected chi connectivity index (χ2v) is 33.8. The maximum Gasteiger partial charge on any atom is 0.290 e. The van der Waals surface area contributed by atoms with Crippen molar-refractivity contribution in [2.45, 2.75) is 271 Å². The summed E-state index contributed by atoms with van der Waals surface area (Å²) in [5.41, 5.74) is 6.58. The summed E-state index contributed by atoms with van der Waals surface area (Å²) in [6, 6.07) is 4.26. The van der Waals surface area contributed by atoms with Crippen LogP contribution >= 0.6 is 0 Å². The highest BCUT2D eigenvalue weighted by molar-refractivity contribution is 5.96. The molecule has 16 atom stereocenters. The lowest BCUT2D eigenvalue weighted by Crippen LogP contribution is -2.44. The second-order valence-electron chi connectivity index (χ2n) is 33.8. The van der Waals surface area contributed by atoms with Gasteiger partial charge >= 0.3 is 0 Å². The number of aromatic nitrogens is 13. The quantitative estimate of drug-likeness (QED) is 0.0491. The Labute approximate surface area is 674 Å². The van der Waals surface area contributed by atoms with Gasteiger partial charge in [0.15, 0.2) is 11.5 Å². The number of nitrogens with zero attached hydrogens (tertiary/aromatic N) is 13. The monoisotopic (exact) mass is 1600 g/mol. The molecule has 4 N–H and O–H groups in total. The van der Waals surface area contributed by atoms with Crippen LogP contribution in [0.15, 0.2) is 105 Å². The molecule has 8 aliphatic heterocycles. The van der Waals surface area contributed by atoms with E-state index < -0.39 is 0 Å². The number of allylic oxidation sites excluding steroid dienone is 3. The molecule has 12 fully saturated rings. The van der Waals surface area contributed by atoms with Crippen LogP contribution in [0.25, 0.3) is 6.08 Å². The lowest BCUT2D eigenvalue weighted by molar-refractivity contribution is -0.118. The molecule has 15 heterocycles. The summed E-state index contributed by atoms with van der Waals surface area (Å²) in [6.45, 7) is 9.43. The van der Waals surface area contributed by atoms with E-state index in [4.69, 9.17) is 51.3 Å². The molecule has 0 aromatic carbocycles. The summed E-state index contributed by atoms with van der Waals surface area (Å²) in [5, 5.41) is 50.6. The van der Waals surface area contributed by atoms with Gasteiger partial charge in [0.25, 0.3) is 17.7 Å². The summed E-state index contributed by atoms with van der Waals surface area (Å²) in [6.07, 6.45) is 50.7. The summed E-state index contributed by atoms with van der Waals surface area (Å²) in [5.74, 6) is 2.90. The SMILES string of the molecule is C=Cc1ccoc1C(=O)NC1COC2C1OCC2n1cc(CC2CCCCC2)nn1.CCc1ccoc1C(=O)NC1COC2C1OCC2n1cc(CC2CCCCC2)nn1.O=C(NC1COC2C1OCC2n1cc(CC2CCCCC2)nn1)C1=CC=CC1.O=C(NC1COC2C1OCC2n1cc(CC2CCCCC2)nn1)c1ccno1. The molecule has 16 unspecified atom stereocenters. The predicted octanol–water partition coefficient (Wildman–Crippen LogP) is 9.10. The number of aryl methyl sites for hydroxylation is 1. The van der Waals surface area contributed by atoms with Gasteiger partial charge in [-0.15, -0.1) is 20.4 Å². The molecule has 7 aromatic heterocycles. The molecule has 13 aliphatic rings. The van der Waals surface area contributed by atoms with E-state index in [1.807, 2.05) is 62.3 Å². The van der Waals surface area contributed by atoms with Gasteiger partial charge in [0.1, 0.15) is 73.0 Å². The van der Waals surface area contributed by atoms with Gasteiger partial charge in [-0.25, -0.2) is 18.7 Å². The van der Waals surface area contributed by atoms with E-state index in [0.717, 1.165) is 89.7 Å². The number of rotatable bonds is 22. The average Bonchev–Trinajstić information content (AvgIpc) is 1.64. The normalized spacial score (nSPS) is 30.3. The number of furan rings is 2. The van der Waals surface area contributed by atoms with Crippen LogP contribution < -0.4 is 21.3 Å². The van der Waals surface area contributed by atoms with Crippen molar-refractivity contribution < 1.29 is 70.4 Å². The molecule has 8 saturated heterocycles. The van der Waals surface area contributed by atoms with Gasteiger partial charge in [-0.3, -0.25) is 19.2 Å². The molecule has 622 valence electrons. The number of carbonyl (C=O) groups is 4. The first-order valence-corrected chi connectivity index (χ1v) is 42.8. The van der Waals surface area contributed by atoms with Crippen LogP contribution in [-0.4, -0.2) is 215 Å². The Morgan fingerprint density at radius 1 is 0.431 bits per heavy atom. The zero-order chi connectivity index (χ0) is 78.9. The fourth-order valence-electron chi connectivity index (χ4n) is 19.7. The smallest absolute Gasteiger partial charge is 0.290 e. The zero-order valence-corrected chi connectivity index (χ0v) is 66.3. The Kier molecular flexibility index (Phi) is 25.6. The van der Waals surface area contributed by atoms with E-state index in [-0.39, 0.29) is 132 Å². The van der Waals surface area contributed by atoms with Crippen molar-refractivity contribution in [1.82, 2.24) is 86.4 Å². The van der Waals surface area contributed by atoms with Crippen molar-refractivity contribution in [2.24, 2.45) is 23.7 Å². The Balaban J connectivity index is 0.000000111. The largest absolute Gasteiger partial charge is 0.459 e. The number of hydrogen-bond donors (Lipinski definition) is 4. The van der Waals surface area contributed by atoms with Crippen molar-refractivity contribution in [3.05, 3.63) is 143 Å². The highest BCUT2D eigenvalue weighted by Gasteiger charge is 2.54. The summed E-state index contributed by atoms with van der Waals surface area (Å²) < 4.78 is 71.2. The maximum absolute atomic E-state index is 12.6. The molecule has 4 amide bonds. The molecule has 5 aliphatic carbocycles. The third kappa shape index (κ3) is 18.4. The first kappa shape index (κ1) is 79.6. The van der Waals surface area contributed by atoms with Crippen molar-refractivity contribution in [1.29, 1.82) is 0 Å². The minimum absolute atomic E-state index is 0.0145. The summed E-state index contributed by atoms with van der Waals surface area (Å²) in [7, 11) is 0. The van der Waals surface area contributed by atoms with Crippen LogP contribution in [0.3, 0.4) is 0 Å². The zero-order valence-electron chi connectivity index (χ0n) is 66.3. The first-order chi connectivity index (χ1) is 57.0. The Morgan fingerprint density at radius 2 is 0.784 bits per heavy atom. The molecular formula is C84H111N17O15. The summed E-state index contributed by atoms with van der Waals surface area (Å²) in [4.78, 5) is 49.8. The van der Waals surface area contributed by atoms with E-state index in [1.54, 1.807) is 18.4 Å². The third-order valence-corrected chi connectivity index (χ3v) is 26.0. The molecule has 20 rings (SSSR count). The van der Waals surface area contributed by atoms with Crippen LogP contribution in [0.5, 0.6) is 0 Å². The molecule has 0 radical (unpaired) electrons. The fraction of sp³-hybridized carbons (Fsp3) is 0.655. The summed E-state index contributed by atoms with van der Waals surface area (Å²) >= 11 is 0. The fourth-order valence-corrected chi connectivity index (χ4v) is 19.7. The highest BCUT2D eigenvalue weighted by atomic mass is 16.6.